The number of carbonyl (C=O) groups is 1. The molecule has 0 bridgehead atoms. The van der Waals surface area contributed by atoms with Crippen LogP contribution < -0.4 is 16.0 Å². The van der Waals surface area contributed by atoms with Crippen molar-refractivity contribution in [3.8, 4) is 0 Å². The molecule has 0 aliphatic rings. The van der Waals surface area contributed by atoms with Crippen LogP contribution in [-0.4, -0.2) is 38.9 Å². The van der Waals surface area contributed by atoms with Crippen LogP contribution in [0.1, 0.15) is 18.9 Å². The normalized spacial score (nSPS) is 12.0. The first kappa shape index (κ1) is 23.9. The zero-order valence-corrected chi connectivity index (χ0v) is 17.8. The molecule has 0 aliphatic carbocycles. The lowest BCUT2D eigenvalue weighted by atomic mass is 10.1. The molecule has 8 heteroatoms. The Hall–Kier alpha value is -2.09. The first-order valence-electron chi connectivity index (χ1n) is 8.92. The minimum absolute atomic E-state index is 0. The second kappa shape index (κ2) is 11.0. The smallest absolute Gasteiger partial charge is 0.237 e. The minimum Gasteiger partial charge on any atom is -0.351 e. The number of sulfone groups is 1. The van der Waals surface area contributed by atoms with Crippen molar-refractivity contribution in [2.45, 2.75) is 25.9 Å². The summed E-state index contributed by atoms with van der Waals surface area (Å²) in [6.45, 7) is 3.29. The standard InChI is InChI=1S/C20H27N3O3S.ClH/c1-3-23(17-7-5-4-6-8-17)18-11-9-16(10-12-18)15-22-20(24)19(21)13-14-27(2,25)26;/h4-12,19H,3,13-15,21H2,1-2H3,(H,22,24);1H. The third-order valence-corrected chi connectivity index (χ3v) is 5.21. The van der Waals surface area contributed by atoms with Crippen molar-refractivity contribution >= 4 is 39.5 Å². The number of carbonyl (C=O) groups excluding carboxylic acids is 1. The Morgan fingerprint density at radius 3 is 2.18 bits per heavy atom. The van der Waals surface area contributed by atoms with E-state index in [2.05, 4.69) is 29.3 Å². The highest BCUT2D eigenvalue weighted by molar-refractivity contribution is 7.90. The molecule has 2 aromatic rings. The summed E-state index contributed by atoms with van der Waals surface area (Å²) in [6, 6.07) is 17.3. The van der Waals surface area contributed by atoms with Crippen LogP contribution in [0.2, 0.25) is 0 Å². The fraction of sp³-hybridized carbons (Fsp3) is 0.350. The SMILES string of the molecule is CCN(c1ccccc1)c1ccc(CNC(=O)C(N)CCS(C)(=O)=O)cc1.Cl. The molecule has 2 aromatic carbocycles. The molecule has 0 fully saturated rings. The molecule has 0 heterocycles. The first-order valence-corrected chi connectivity index (χ1v) is 11.0. The number of hydrogen-bond donors (Lipinski definition) is 2. The van der Waals surface area contributed by atoms with Crippen molar-refractivity contribution < 1.29 is 13.2 Å². The van der Waals surface area contributed by atoms with Gasteiger partial charge in [-0.1, -0.05) is 30.3 Å². The molecule has 2 rings (SSSR count). The highest BCUT2D eigenvalue weighted by Gasteiger charge is 2.15. The number of nitrogens with one attached hydrogen (secondary N) is 1. The van der Waals surface area contributed by atoms with E-state index in [1.807, 2.05) is 42.5 Å². The van der Waals surface area contributed by atoms with Crippen molar-refractivity contribution in [1.82, 2.24) is 5.32 Å². The zero-order chi connectivity index (χ0) is 19.9. The van der Waals surface area contributed by atoms with Crippen LogP contribution in [0.15, 0.2) is 54.6 Å². The molecule has 3 N–H and O–H groups in total. The van der Waals surface area contributed by atoms with Gasteiger partial charge in [0.05, 0.1) is 11.8 Å². The van der Waals surface area contributed by atoms with Crippen LogP contribution in [0.4, 0.5) is 11.4 Å². The van der Waals surface area contributed by atoms with E-state index >= 15 is 0 Å². The largest absolute Gasteiger partial charge is 0.351 e. The number of nitrogens with two attached hydrogens (primary N) is 1. The molecule has 28 heavy (non-hydrogen) atoms. The first-order chi connectivity index (χ1) is 12.8. The van der Waals surface area contributed by atoms with Crippen molar-refractivity contribution in [2.75, 3.05) is 23.5 Å². The number of amides is 1. The molecule has 0 aromatic heterocycles. The van der Waals surface area contributed by atoms with Gasteiger partial charge in [-0.3, -0.25) is 4.79 Å². The van der Waals surface area contributed by atoms with Crippen molar-refractivity contribution in [2.24, 2.45) is 5.73 Å². The number of nitrogens with zero attached hydrogens (tertiary/aromatic N) is 1. The van der Waals surface area contributed by atoms with Crippen LogP contribution in [0.3, 0.4) is 0 Å². The molecule has 6 nitrogen and oxygen atoms in total. The van der Waals surface area contributed by atoms with E-state index in [1.54, 1.807) is 0 Å². The van der Waals surface area contributed by atoms with E-state index in [0.29, 0.717) is 6.54 Å². The topological polar surface area (TPSA) is 92.5 Å². The third kappa shape index (κ3) is 7.50. The van der Waals surface area contributed by atoms with E-state index < -0.39 is 15.9 Å². The summed E-state index contributed by atoms with van der Waals surface area (Å²) in [5, 5.41) is 2.76. The van der Waals surface area contributed by atoms with Gasteiger partial charge in [-0.25, -0.2) is 8.42 Å². The van der Waals surface area contributed by atoms with Gasteiger partial charge in [0, 0.05) is 30.7 Å². The Morgan fingerprint density at radius 1 is 1.07 bits per heavy atom. The predicted octanol–water partition coefficient (Wildman–Crippen LogP) is 2.64. The van der Waals surface area contributed by atoms with Gasteiger partial charge in [-0.2, -0.15) is 0 Å². The molecule has 1 amide bonds. The summed E-state index contributed by atoms with van der Waals surface area (Å²) in [5.41, 5.74) is 8.90. The van der Waals surface area contributed by atoms with Crippen molar-refractivity contribution in [3.05, 3.63) is 60.2 Å². The van der Waals surface area contributed by atoms with Gasteiger partial charge in [0.25, 0.3) is 0 Å². The lowest BCUT2D eigenvalue weighted by Crippen LogP contribution is -2.41. The molecule has 1 unspecified atom stereocenters. The van der Waals surface area contributed by atoms with Crippen LogP contribution >= 0.6 is 12.4 Å². The Balaban J connectivity index is 0.00000392. The van der Waals surface area contributed by atoms with Gasteiger partial charge in [0.2, 0.25) is 5.91 Å². The predicted molar refractivity (Wildman–Crippen MR) is 117 cm³/mol. The number of benzene rings is 2. The monoisotopic (exact) mass is 425 g/mol. The Labute approximate surface area is 173 Å². The lowest BCUT2D eigenvalue weighted by molar-refractivity contribution is -0.122. The van der Waals surface area contributed by atoms with E-state index in [9.17, 15) is 13.2 Å². The van der Waals surface area contributed by atoms with E-state index in [0.717, 1.165) is 29.7 Å². The fourth-order valence-electron chi connectivity index (χ4n) is 2.71. The highest BCUT2D eigenvalue weighted by atomic mass is 35.5. The third-order valence-electron chi connectivity index (χ3n) is 4.24. The average molecular weight is 426 g/mol. The van der Waals surface area contributed by atoms with E-state index in [4.69, 9.17) is 5.73 Å². The van der Waals surface area contributed by atoms with Crippen LogP contribution in [-0.2, 0) is 21.2 Å². The van der Waals surface area contributed by atoms with Gasteiger partial charge in [0.15, 0.2) is 0 Å². The fourth-order valence-corrected chi connectivity index (χ4v) is 3.39. The molecule has 1 atom stereocenters. The number of rotatable bonds is 9. The van der Waals surface area contributed by atoms with Gasteiger partial charge < -0.3 is 16.0 Å². The zero-order valence-electron chi connectivity index (χ0n) is 16.2. The lowest BCUT2D eigenvalue weighted by Gasteiger charge is -2.23. The second-order valence-corrected chi connectivity index (χ2v) is 8.75. The number of hydrogen-bond acceptors (Lipinski definition) is 5. The van der Waals surface area contributed by atoms with Gasteiger partial charge >= 0.3 is 0 Å². The summed E-state index contributed by atoms with van der Waals surface area (Å²) in [5.74, 6) is -0.440. The van der Waals surface area contributed by atoms with Gasteiger partial charge in [-0.05, 0) is 43.2 Å². The number of halogens is 1. The quantitative estimate of drug-likeness (QED) is 0.644. The van der Waals surface area contributed by atoms with Crippen molar-refractivity contribution in [3.63, 3.8) is 0 Å². The van der Waals surface area contributed by atoms with Crippen LogP contribution in [0, 0.1) is 0 Å². The number of para-hydroxylation sites is 1. The molecular formula is C20H28ClN3O3S. The molecule has 0 radical (unpaired) electrons. The Kier molecular flexibility index (Phi) is 9.45. The average Bonchev–Trinajstić information content (AvgIpc) is 2.66. The molecule has 0 aliphatic heterocycles. The summed E-state index contributed by atoms with van der Waals surface area (Å²) >= 11 is 0. The maximum absolute atomic E-state index is 12.0. The molecule has 154 valence electrons. The summed E-state index contributed by atoms with van der Waals surface area (Å²) in [7, 11) is -3.12. The molecule has 0 saturated carbocycles. The highest BCUT2D eigenvalue weighted by Crippen LogP contribution is 2.24. The Morgan fingerprint density at radius 2 is 1.64 bits per heavy atom. The maximum atomic E-state index is 12.0. The Bertz CT molecular complexity index is 843. The van der Waals surface area contributed by atoms with Crippen LogP contribution in [0.5, 0.6) is 0 Å². The molecular weight excluding hydrogens is 398 g/mol. The molecule has 0 saturated heterocycles. The number of anilines is 2. The second-order valence-electron chi connectivity index (χ2n) is 6.49. The molecule has 0 spiro atoms. The van der Waals surface area contributed by atoms with Crippen molar-refractivity contribution in [1.29, 1.82) is 0 Å². The summed E-state index contributed by atoms with van der Waals surface area (Å²) in [6.07, 6.45) is 1.25. The summed E-state index contributed by atoms with van der Waals surface area (Å²) < 4.78 is 22.3. The maximum Gasteiger partial charge on any atom is 0.237 e. The van der Waals surface area contributed by atoms with Crippen LogP contribution in [0.25, 0.3) is 0 Å². The van der Waals surface area contributed by atoms with Gasteiger partial charge in [-0.15, -0.1) is 12.4 Å². The van der Waals surface area contributed by atoms with Gasteiger partial charge in [0.1, 0.15) is 9.84 Å². The summed E-state index contributed by atoms with van der Waals surface area (Å²) in [4.78, 5) is 14.2. The van der Waals surface area contributed by atoms with E-state index in [-0.39, 0.29) is 30.5 Å². The van der Waals surface area contributed by atoms with E-state index in [1.165, 1.54) is 0 Å². The minimum atomic E-state index is -3.12.